The van der Waals surface area contributed by atoms with Crippen LogP contribution in [0.1, 0.15) is 129 Å². The number of ether oxygens (including phenoxy) is 2. The van der Waals surface area contributed by atoms with Crippen LogP contribution in [0.4, 0.5) is 0 Å². The summed E-state index contributed by atoms with van der Waals surface area (Å²) in [6.45, 7) is 6.29. The first-order chi connectivity index (χ1) is 13.3. The van der Waals surface area contributed by atoms with Gasteiger partial charge in [0.25, 0.3) is 0 Å². The molecule has 0 aromatic heterocycles. The molecule has 164 valence electrons. The van der Waals surface area contributed by atoms with Crippen LogP contribution in [-0.4, -0.2) is 24.8 Å². The molecule has 0 unspecified atom stereocenters. The lowest BCUT2D eigenvalue weighted by atomic mass is 10.1. The standard InChI is InChI=1S/C24H49BrO2/c1-3-5-7-9-11-13-18-22-26-24(20-16-15-17-21-25)27-23-19-14-12-10-8-6-4-2/h24H,3-23H2,1-2H3. The van der Waals surface area contributed by atoms with Gasteiger partial charge in [-0.1, -0.05) is 113 Å². The maximum Gasteiger partial charge on any atom is 0.157 e. The second-order valence-corrected chi connectivity index (χ2v) is 8.75. The SMILES string of the molecule is CCCCCCCCCOC(CCCCCBr)OCCCCCCCCC. The maximum atomic E-state index is 6.08. The number of hydrogen-bond donors (Lipinski definition) is 0. The molecular weight excluding hydrogens is 400 g/mol. The number of rotatable bonds is 23. The summed E-state index contributed by atoms with van der Waals surface area (Å²) in [6.07, 6.45) is 23.5. The Morgan fingerprint density at radius 1 is 0.519 bits per heavy atom. The Morgan fingerprint density at radius 3 is 1.37 bits per heavy atom. The topological polar surface area (TPSA) is 18.5 Å². The van der Waals surface area contributed by atoms with Crippen molar-refractivity contribution in [3.8, 4) is 0 Å². The van der Waals surface area contributed by atoms with Crippen molar-refractivity contribution in [2.24, 2.45) is 0 Å². The summed E-state index contributed by atoms with van der Waals surface area (Å²) in [6, 6.07) is 0. The molecule has 0 heterocycles. The number of hydrogen-bond acceptors (Lipinski definition) is 2. The molecule has 0 N–H and O–H groups in total. The van der Waals surface area contributed by atoms with Crippen LogP contribution < -0.4 is 0 Å². The molecule has 0 aliphatic heterocycles. The molecule has 2 nitrogen and oxygen atoms in total. The van der Waals surface area contributed by atoms with E-state index >= 15 is 0 Å². The predicted molar refractivity (Wildman–Crippen MR) is 124 cm³/mol. The average Bonchev–Trinajstić information content (AvgIpc) is 2.68. The number of alkyl halides is 1. The fourth-order valence-corrected chi connectivity index (χ4v) is 3.74. The minimum Gasteiger partial charge on any atom is -0.353 e. The Balaban J connectivity index is 3.70. The van der Waals surface area contributed by atoms with Gasteiger partial charge in [0.05, 0.1) is 0 Å². The van der Waals surface area contributed by atoms with E-state index in [1.54, 1.807) is 0 Å². The van der Waals surface area contributed by atoms with Crippen molar-refractivity contribution in [3.63, 3.8) is 0 Å². The Labute approximate surface area is 179 Å². The third-order valence-electron chi connectivity index (χ3n) is 5.18. The summed E-state index contributed by atoms with van der Waals surface area (Å²) in [5.74, 6) is 0. The first-order valence-corrected chi connectivity index (χ1v) is 13.3. The van der Waals surface area contributed by atoms with E-state index in [4.69, 9.17) is 9.47 Å². The molecule has 0 radical (unpaired) electrons. The second kappa shape index (κ2) is 24.4. The van der Waals surface area contributed by atoms with Gasteiger partial charge in [0.1, 0.15) is 0 Å². The van der Waals surface area contributed by atoms with Gasteiger partial charge in [-0.2, -0.15) is 0 Å². The van der Waals surface area contributed by atoms with Crippen LogP contribution in [0.15, 0.2) is 0 Å². The van der Waals surface area contributed by atoms with E-state index in [1.165, 1.54) is 109 Å². The zero-order valence-electron chi connectivity index (χ0n) is 18.6. The van der Waals surface area contributed by atoms with Gasteiger partial charge in [0.15, 0.2) is 6.29 Å². The van der Waals surface area contributed by atoms with Gasteiger partial charge < -0.3 is 9.47 Å². The fourth-order valence-electron chi connectivity index (χ4n) is 3.34. The lowest BCUT2D eigenvalue weighted by molar-refractivity contribution is -0.148. The zero-order valence-corrected chi connectivity index (χ0v) is 20.2. The largest absolute Gasteiger partial charge is 0.353 e. The molecule has 0 saturated carbocycles. The molecule has 27 heavy (non-hydrogen) atoms. The summed E-state index contributed by atoms with van der Waals surface area (Å²) < 4.78 is 12.2. The van der Waals surface area contributed by atoms with Gasteiger partial charge >= 0.3 is 0 Å². The highest BCUT2D eigenvalue weighted by Crippen LogP contribution is 2.13. The molecule has 0 bridgehead atoms. The van der Waals surface area contributed by atoms with Crippen molar-refractivity contribution in [1.82, 2.24) is 0 Å². The van der Waals surface area contributed by atoms with E-state index in [0.29, 0.717) is 0 Å². The van der Waals surface area contributed by atoms with Crippen LogP contribution >= 0.6 is 15.9 Å². The van der Waals surface area contributed by atoms with Crippen molar-refractivity contribution in [1.29, 1.82) is 0 Å². The molecule has 0 saturated heterocycles. The van der Waals surface area contributed by atoms with Crippen LogP contribution in [0.2, 0.25) is 0 Å². The smallest absolute Gasteiger partial charge is 0.157 e. The normalized spacial score (nSPS) is 11.6. The van der Waals surface area contributed by atoms with E-state index in [9.17, 15) is 0 Å². The lowest BCUT2D eigenvalue weighted by Crippen LogP contribution is -2.19. The fraction of sp³-hybridized carbons (Fsp3) is 1.00. The Bertz CT molecular complexity index is 241. The Morgan fingerprint density at radius 2 is 0.926 bits per heavy atom. The molecule has 0 aromatic carbocycles. The molecular formula is C24H49BrO2. The van der Waals surface area contributed by atoms with Crippen LogP contribution in [0.3, 0.4) is 0 Å². The molecule has 0 aliphatic rings. The van der Waals surface area contributed by atoms with Crippen molar-refractivity contribution < 1.29 is 9.47 Å². The quantitative estimate of drug-likeness (QED) is 0.0881. The molecule has 0 aromatic rings. The molecule has 0 atom stereocenters. The van der Waals surface area contributed by atoms with E-state index in [1.807, 2.05) is 0 Å². The highest BCUT2D eigenvalue weighted by molar-refractivity contribution is 9.09. The van der Waals surface area contributed by atoms with E-state index in [2.05, 4.69) is 29.8 Å². The van der Waals surface area contributed by atoms with Gasteiger partial charge in [0, 0.05) is 18.5 Å². The van der Waals surface area contributed by atoms with Crippen molar-refractivity contribution in [2.45, 2.75) is 136 Å². The van der Waals surface area contributed by atoms with Gasteiger partial charge in [-0.15, -0.1) is 0 Å². The first kappa shape index (κ1) is 27.4. The molecule has 0 rings (SSSR count). The first-order valence-electron chi connectivity index (χ1n) is 12.1. The van der Waals surface area contributed by atoms with Crippen LogP contribution in [0.25, 0.3) is 0 Å². The van der Waals surface area contributed by atoms with Gasteiger partial charge in [-0.3, -0.25) is 0 Å². The lowest BCUT2D eigenvalue weighted by Gasteiger charge is -2.19. The van der Waals surface area contributed by atoms with Crippen molar-refractivity contribution in [3.05, 3.63) is 0 Å². The Kier molecular flexibility index (Phi) is 24.8. The maximum absolute atomic E-state index is 6.08. The number of unbranched alkanes of at least 4 members (excludes halogenated alkanes) is 14. The minimum atomic E-state index is 0.0282. The summed E-state index contributed by atoms with van der Waals surface area (Å²) in [7, 11) is 0. The number of halogens is 1. The predicted octanol–water partition coefficient (Wildman–Crippen LogP) is 8.80. The monoisotopic (exact) mass is 448 g/mol. The van der Waals surface area contributed by atoms with Gasteiger partial charge in [-0.25, -0.2) is 0 Å². The summed E-state index contributed by atoms with van der Waals surface area (Å²) in [5.41, 5.74) is 0. The molecule has 0 fully saturated rings. The highest BCUT2D eigenvalue weighted by atomic mass is 79.9. The zero-order chi connectivity index (χ0) is 19.8. The minimum absolute atomic E-state index is 0.0282. The second-order valence-electron chi connectivity index (χ2n) is 7.95. The van der Waals surface area contributed by atoms with E-state index < -0.39 is 0 Å². The van der Waals surface area contributed by atoms with Crippen LogP contribution in [-0.2, 0) is 9.47 Å². The third kappa shape index (κ3) is 22.6. The van der Waals surface area contributed by atoms with Crippen LogP contribution in [0, 0.1) is 0 Å². The summed E-state index contributed by atoms with van der Waals surface area (Å²) in [4.78, 5) is 0. The molecule has 0 spiro atoms. The van der Waals surface area contributed by atoms with Crippen LogP contribution in [0.5, 0.6) is 0 Å². The summed E-state index contributed by atoms with van der Waals surface area (Å²) in [5, 5.41) is 1.11. The van der Waals surface area contributed by atoms with Gasteiger partial charge in [0.2, 0.25) is 0 Å². The van der Waals surface area contributed by atoms with Crippen molar-refractivity contribution >= 4 is 15.9 Å². The molecule has 3 heteroatoms. The van der Waals surface area contributed by atoms with Gasteiger partial charge in [-0.05, 0) is 32.1 Å². The average molecular weight is 450 g/mol. The third-order valence-corrected chi connectivity index (χ3v) is 5.74. The molecule has 0 amide bonds. The summed E-state index contributed by atoms with van der Waals surface area (Å²) >= 11 is 3.52. The van der Waals surface area contributed by atoms with E-state index in [-0.39, 0.29) is 6.29 Å². The van der Waals surface area contributed by atoms with E-state index in [0.717, 1.165) is 25.0 Å². The Hall–Kier alpha value is 0.400. The van der Waals surface area contributed by atoms with Crippen molar-refractivity contribution in [2.75, 3.05) is 18.5 Å². The molecule has 0 aliphatic carbocycles. The highest BCUT2D eigenvalue weighted by Gasteiger charge is 2.09.